The number of halogens is 2. The molecule has 0 unspecified atom stereocenters. The molecule has 0 bridgehead atoms. The number of ether oxygens (including phenoxy) is 1. The molecular formula is C15H21BrClNO2. The largest absolute Gasteiger partial charge is 0.383 e. The van der Waals surface area contributed by atoms with E-state index in [2.05, 4.69) is 29.8 Å². The molecule has 0 aliphatic carbocycles. The number of rotatable bonds is 7. The minimum absolute atomic E-state index is 0.0132. The van der Waals surface area contributed by atoms with E-state index in [1.54, 1.807) is 25.3 Å². The lowest BCUT2D eigenvalue weighted by Crippen LogP contribution is -2.42. The van der Waals surface area contributed by atoms with Crippen LogP contribution in [0.15, 0.2) is 22.7 Å². The van der Waals surface area contributed by atoms with Crippen molar-refractivity contribution in [3.8, 4) is 0 Å². The zero-order chi connectivity index (χ0) is 15.1. The van der Waals surface area contributed by atoms with Crippen molar-refractivity contribution in [1.29, 1.82) is 0 Å². The number of carbonyl (C=O) groups excluding carboxylic acids is 1. The highest BCUT2D eigenvalue weighted by Crippen LogP contribution is 2.24. The van der Waals surface area contributed by atoms with Gasteiger partial charge in [0.25, 0.3) is 5.91 Å². The van der Waals surface area contributed by atoms with Gasteiger partial charge >= 0.3 is 0 Å². The molecular weight excluding hydrogens is 342 g/mol. The summed E-state index contributed by atoms with van der Waals surface area (Å²) in [7, 11) is 1.65. The third kappa shape index (κ3) is 4.47. The van der Waals surface area contributed by atoms with Crippen LogP contribution < -0.4 is 0 Å². The average Bonchev–Trinajstić information content (AvgIpc) is 2.43. The zero-order valence-corrected chi connectivity index (χ0v) is 14.5. The van der Waals surface area contributed by atoms with Gasteiger partial charge in [0, 0.05) is 29.2 Å². The van der Waals surface area contributed by atoms with E-state index in [1.165, 1.54) is 0 Å². The van der Waals surface area contributed by atoms with Crippen molar-refractivity contribution in [3.63, 3.8) is 0 Å². The monoisotopic (exact) mass is 361 g/mol. The van der Waals surface area contributed by atoms with E-state index in [1.807, 2.05) is 4.90 Å². The maximum absolute atomic E-state index is 12.7. The normalized spacial score (nSPS) is 10.9. The summed E-state index contributed by atoms with van der Waals surface area (Å²) in [4.78, 5) is 14.6. The summed E-state index contributed by atoms with van der Waals surface area (Å²) < 4.78 is 5.85. The predicted molar refractivity (Wildman–Crippen MR) is 86.4 cm³/mol. The molecule has 0 atom stereocenters. The van der Waals surface area contributed by atoms with E-state index in [4.69, 9.17) is 16.3 Å². The first kappa shape index (κ1) is 17.5. The van der Waals surface area contributed by atoms with Gasteiger partial charge in [0.1, 0.15) is 0 Å². The topological polar surface area (TPSA) is 29.5 Å². The summed E-state index contributed by atoms with van der Waals surface area (Å²) in [6.45, 7) is 5.32. The van der Waals surface area contributed by atoms with Crippen LogP contribution in [0.1, 0.15) is 37.0 Å². The first-order chi connectivity index (χ1) is 9.54. The Labute approximate surface area is 134 Å². The molecule has 112 valence electrons. The van der Waals surface area contributed by atoms with Crippen molar-refractivity contribution in [3.05, 3.63) is 33.3 Å². The Hall–Kier alpha value is -0.580. The van der Waals surface area contributed by atoms with Gasteiger partial charge in [-0.05, 0) is 47.0 Å². The number of methoxy groups -OCH3 is 1. The minimum Gasteiger partial charge on any atom is -0.383 e. The maximum Gasteiger partial charge on any atom is 0.255 e. The highest BCUT2D eigenvalue weighted by Gasteiger charge is 2.23. The number of hydrogen-bond acceptors (Lipinski definition) is 2. The zero-order valence-electron chi connectivity index (χ0n) is 12.2. The molecule has 0 saturated carbocycles. The third-order valence-corrected chi connectivity index (χ3v) is 4.23. The standard InChI is InChI=1S/C15H21BrClNO2/c1-4-12(5-2)18(8-9-20-3)15(19)13-7-6-11(17)10-14(13)16/h6-7,10,12H,4-5,8-9H2,1-3H3. The lowest BCUT2D eigenvalue weighted by atomic mass is 10.1. The van der Waals surface area contributed by atoms with E-state index in [0.29, 0.717) is 23.7 Å². The smallest absolute Gasteiger partial charge is 0.255 e. The van der Waals surface area contributed by atoms with Crippen LogP contribution in [-0.4, -0.2) is 37.1 Å². The van der Waals surface area contributed by atoms with Gasteiger partial charge in [-0.2, -0.15) is 0 Å². The van der Waals surface area contributed by atoms with Crippen molar-refractivity contribution in [2.75, 3.05) is 20.3 Å². The highest BCUT2D eigenvalue weighted by atomic mass is 79.9. The van der Waals surface area contributed by atoms with Gasteiger partial charge in [-0.3, -0.25) is 4.79 Å². The van der Waals surface area contributed by atoms with Crippen molar-refractivity contribution in [2.24, 2.45) is 0 Å². The van der Waals surface area contributed by atoms with Crippen LogP contribution in [-0.2, 0) is 4.74 Å². The molecule has 0 aliphatic heterocycles. The summed E-state index contributed by atoms with van der Waals surface area (Å²) in [5.41, 5.74) is 0.636. The number of amides is 1. The van der Waals surface area contributed by atoms with Gasteiger partial charge in [-0.25, -0.2) is 0 Å². The molecule has 0 aliphatic rings. The molecule has 1 aromatic rings. The van der Waals surface area contributed by atoms with E-state index < -0.39 is 0 Å². The highest BCUT2D eigenvalue weighted by molar-refractivity contribution is 9.10. The fraction of sp³-hybridized carbons (Fsp3) is 0.533. The van der Waals surface area contributed by atoms with Crippen LogP contribution in [0.2, 0.25) is 5.02 Å². The van der Waals surface area contributed by atoms with Gasteiger partial charge in [0.15, 0.2) is 0 Å². The Morgan fingerprint density at radius 1 is 1.40 bits per heavy atom. The van der Waals surface area contributed by atoms with Gasteiger partial charge in [-0.15, -0.1) is 0 Å². The second-order valence-corrected chi connectivity index (χ2v) is 5.88. The van der Waals surface area contributed by atoms with Crippen LogP contribution in [0, 0.1) is 0 Å². The summed E-state index contributed by atoms with van der Waals surface area (Å²) >= 11 is 9.34. The summed E-state index contributed by atoms with van der Waals surface area (Å²) in [5.74, 6) is 0.0132. The number of carbonyl (C=O) groups is 1. The second-order valence-electron chi connectivity index (χ2n) is 4.59. The number of hydrogen-bond donors (Lipinski definition) is 0. The molecule has 1 rings (SSSR count). The average molecular weight is 363 g/mol. The fourth-order valence-corrected chi connectivity index (χ4v) is 3.04. The summed E-state index contributed by atoms with van der Waals surface area (Å²) in [6, 6.07) is 5.47. The first-order valence-electron chi connectivity index (χ1n) is 6.80. The fourth-order valence-electron chi connectivity index (χ4n) is 2.19. The summed E-state index contributed by atoms with van der Waals surface area (Å²) in [6.07, 6.45) is 1.86. The Bertz CT molecular complexity index is 449. The Kier molecular flexibility index (Phi) is 7.56. The quantitative estimate of drug-likeness (QED) is 0.720. The van der Waals surface area contributed by atoms with Crippen LogP contribution in [0.4, 0.5) is 0 Å². The molecule has 0 spiro atoms. The van der Waals surface area contributed by atoms with E-state index >= 15 is 0 Å². The van der Waals surface area contributed by atoms with Crippen LogP contribution in [0.25, 0.3) is 0 Å². The van der Waals surface area contributed by atoms with Gasteiger partial charge in [-0.1, -0.05) is 25.4 Å². The molecule has 1 amide bonds. The molecule has 5 heteroatoms. The van der Waals surface area contributed by atoms with Crippen LogP contribution in [0.5, 0.6) is 0 Å². The molecule has 3 nitrogen and oxygen atoms in total. The van der Waals surface area contributed by atoms with Crippen molar-refractivity contribution < 1.29 is 9.53 Å². The molecule has 0 radical (unpaired) electrons. The van der Waals surface area contributed by atoms with Gasteiger partial charge < -0.3 is 9.64 Å². The Balaban J connectivity index is 3.02. The van der Waals surface area contributed by atoms with Crippen LogP contribution in [0.3, 0.4) is 0 Å². The van der Waals surface area contributed by atoms with Crippen LogP contribution >= 0.6 is 27.5 Å². The second kappa shape index (κ2) is 8.65. The van der Waals surface area contributed by atoms with E-state index in [0.717, 1.165) is 17.3 Å². The van der Waals surface area contributed by atoms with Crippen molar-refractivity contribution in [1.82, 2.24) is 4.90 Å². The maximum atomic E-state index is 12.7. The molecule has 0 N–H and O–H groups in total. The molecule has 20 heavy (non-hydrogen) atoms. The van der Waals surface area contributed by atoms with Gasteiger partial charge in [0.05, 0.1) is 12.2 Å². The van der Waals surface area contributed by atoms with Crippen molar-refractivity contribution in [2.45, 2.75) is 32.7 Å². The Morgan fingerprint density at radius 3 is 2.55 bits per heavy atom. The minimum atomic E-state index is 0.0132. The molecule has 0 heterocycles. The summed E-state index contributed by atoms with van der Waals surface area (Å²) in [5, 5.41) is 0.611. The SMILES string of the molecule is CCC(CC)N(CCOC)C(=O)c1ccc(Cl)cc1Br. The number of nitrogens with zero attached hydrogens (tertiary/aromatic N) is 1. The molecule has 0 fully saturated rings. The van der Waals surface area contributed by atoms with E-state index in [9.17, 15) is 4.79 Å². The first-order valence-corrected chi connectivity index (χ1v) is 7.97. The lowest BCUT2D eigenvalue weighted by molar-refractivity contribution is 0.0588. The van der Waals surface area contributed by atoms with Gasteiger partial charge in [0.2, 0.25) is 0 Å². The number of benzene rings is 1. The van der Waals surface area contributed by atoms with Crippen molar-refractivity contribution >= 4 is 33.4 Å². The molecule has 0 aromatic heterocycles. The Morgan fingerprint density at radius 2 is 2.05 bits per heavy atom. The van der Waals surface area contributed by atoms with E-state index in [-0.39, 0.29) is 11.9 Å². The predicted octanol–water partition coefficient (Wildman–Crippen LogP) is 4.38. The lowest BCUT2D eigenvalue weighted by Gasteiger charge is -2.30. The third-order valence-electron chi connectivity index (χ3n) is 3.34. The molecule has 1 aromatic carbocycles. The molecule has 0 saturated heterocycles.